The van der Waals surface area contributed by atoms with E-state index in [-0.39, 0.29) is 5.70 Å². The molecule has 0 aliphatic heterocycles. The fourth-order valence-corrected chi connectivity index (χ4v) is 0.776. The molecule has 0 unspecified atom stereocenters. The van der Waals surface area contributed by atoms with Crippen LogP contribution in [0.4, 0.5) is 0 Å². The van der Waals surface area contributed by atoms with Crippen LogP contribution in [-0.2, 0) is 4.79 Å². The van der Waals surface area contributed by atoms with E-state index in [1.54, 1.807) is 6.08 Å². The van der Waals surface area contributed by atoms with Gasteiger partial charge < -0.3 is 10.8 Å². The molecule has 1 rings (SSSR count). The molecule has 0 saturated carbocycles. The first-order chi connectivity index (χ1) is 6.33. The SMILES string of the molecule is CO.N/C(C=O)=C\c1ccccc1. The second-order valence-electron chi connectivity index (χ2n) is 2.17. The first-order valence-electron chi connectivity index (χ1n) is 3.75. The minimum absolute atomic E-state index is 0.246. The monoisotopic (exact) mass is 179 g/mol. The predicted octanol–water partition coefficient (Wildman–Crippen LogP) is 0.794. The summed E-state index contributed by atoms with van der Waals surface area (Å²) in [5.74, 6) is 0. The predicted molar refractivity (Wildman–Crippen MR) is 52.8 cm³/mol. The van der Waals surface area contributed by atoms with E-state index in [2.05, 4.69) is 0 Å². The quantitative estimate of drug-likeness (QED) is 0.521. The van der Waals surface area contributed by atoms with Gasteiger partial charge in [-0.25, -0.2) is 0 Å². The number of carbonyl (C=O) groups excluding carboxylic acids is 1. The maximum absolute atomic E-state index is 10.1. The molecular formula is C10H13NO2. The van der Waals surface area contributed by atoms with E-state index in [1.165, 1.54) is 0 Å². The number of rotatable bonds is 2. The van der Waals surface area contributed by atoms with Gasteiger partial charge in [0, 0.05) is 7.11 Å². The lowest BCUT2D eigenvalue weighted by Gasteiger charge is -1.91. The molecule has 0 aliphatic carbocycles. The van der Waals surface area contributed by atoms with Gasteiger partial charge >= 0.3 is 0 Å². The Morgan fingerprint density at radius 1 is 1.31 bits per heavy atom. The Kier molecular flexibility index (Phi) is 6.19. The molecule has 0 bridgehead atoms. The van der Waals surface area contributed by atoms with E-state index in [1.807, 2.05) is 30.3 Å². The van der Waals surface area contributed by atoms with Crippen LogP contribution in [0.15, 0.2) is 36.0 Å². The lowest BCUT2D eigenvalue weighted by molar-refractivity contribution is -0.104. The third-order valence-corrected chi connectivity index (χ3v) is 1.27. The first-order valence-corrected chi connectivity index (χ1v) is 3.75. The van der Waals surface area contributed by atoms with Crippen LogP contribution in [0.1, 0.15) is 5.56 Å². The van der Waals surface area contributed by atoms with Crippen molar-refractivity contribution in [2.45, 2.75) is 0 Å². The maximum atomic E-state index is 10.1. The van der Waals surface area contributed by atoms with Crippen LogP contribution in [0.2, 0.25) is 0 Å². The Morgan fingerprint density at radius 3 is 2.31 bits per heavy atom. The maximum Gasteiger partial charge on any atom is 0.165 e. The van der Waals surface area contributed by atoms with Gasteiger partial charge in [0.25, 0.3) is 0 Å². The molecule has 0 aliphatic rings. The molecular weight excluding hydrogens is 166 g/mol. The second kappa shape index (κ2) is 7.06. The van der Waals surface area contributed by atoms with Crippen LogP contribution in [0.3, 0.4) is 0 Å². The van der Waals surface area contributed by atoms with Gasteiger partial charge in [0.2, 0.25) is 0 Å². The minimum atomic E-state index is 0.246. The Hall–Kier alpha value is -1.61. The van der Waals surface area contributed by atoms with Gasteiger partial charge in [-0.2, -0.15) is 0 Å². The summed E-state index contributed by atoms with van der Waals surface area (Å²) >= 11 is 0. The number of allylic oxidation sites excluding steroid dienone is 1. The summed E-state index contributed by atoms with van der Waals surface area (Å²) in [6.45, 7) is 0. The molecule has 0 spiro atoms. The number of aldehydes is 1. The zero-order chi connectivity index (χ0) is 10.1. The van der Waals surface area contributed by atoms with Crippen molar-refractivity contribution < 1.29 is 9.90 Å². The number of aliphatic hydroxyl groups excluding tert-OH is 1. The van der Waals surface area contributed by atoms with Crippen molar-refractivity contribution in [3.63, 3.8) is 0 Å². The fourth-order valence-electron chi connectivity index (χ4n) is 0.776. The van der Waals surface area contributed by atoms with E-state index in [9.17, 15) is 4.79 Å². The Balaban J connectivity index is 0.000000671. The number of hydrogen-bond donors (Lipinski definition) is 2. The number of hydrogen-bond acceptors (Lipinski definition) is 3. The first kappa shape index (κ1) is 11.4. The van der Waals surface area contributed by atoms with Crippen LogP contribution in [0.25, 0.3) is 6.08 Å². The summed E-state index contributed by atoms with van der Waals surface area (Å²) in [7, 11) is 1.00. The highest BCUT2D eigenvalue weighted by atomic mass is 16.2. The van der Waals surface area contributed by atoms with E-state index >= 15 is 0 Å². The molecule has 0 aromatic heterocycles. The van der Waals surface area contributed by atoms with Gasteiger partial charge in [-0.05, 0) is 11.6 Å². The largest absolute Gasteiger partial charge is 0.400 e. The number of aliphatic hydroxyl groups is 1. The fraction of sp³-hybridized carbons (Fsp3) is 0.100. The molecule has 70 valence electrons. The molecule has 0 amide bonds. The molecule has 3 heteroatoms. The zero-order valence-corrected chi connectivity index (χ0v) is 7.47. The molecule has 3 N–H and O–H groups in total. The minimum Gasteiger partial charge on any atom is -0.400 e. The molecule has 0 saturated heterocycles. The molecule has 13 heavy (non-hydrogen) atoms. The average molecular weight is 179 g/mol. The van der Waals surface area contributed by atoms with Crippen LogP contribution < -0.4 is 5.73 Å². The Labute approximate surface area is 77.5 Å². The highest BCUT2D eigenvalue weighted by molar-refractivity contribution is 5.80. The van der Waals surface area contributed by atoms with E-state index in [0.29, 0.717) is 6.29 Å². The topological polar surface area (TPSA) is 63.3 Å². The van der Waals surface area contributed by atoms with Crippen molar-refractivity contribution in [1.29, 1.82) is 0 Å². The normalized spacial score (nSPS) is 9.85. The van der Waals surface area contributed by atoms with Crippen LogP contribution in [-0.4, -0.2) is 18.5 Å². The smallest absolute Gasteiger partial charge is 0.165 e. The van der Waals surface area contributed by atoms with Crippen molar-refractivity contribution in [3.8, 4) is 0 Å². The summed E-state index contributed by atoms with van der Waals surface area (Å²) in [6.07, 6.45) is 2.26. The molecule has 0 atom stereocenters. The lowest BCUT2D eigenvalue weighted by atomic mass is 10.2. The molecule has 1 aromatic rings. The van der Waals surface area contributed by atoms with Crippen LogP contribution in [0, 0.1) is 0 Å². The van der Waals surface area contributed by atoms with Crippen molar-refractivity contribution >= 4 is 12.4 Å². The van der Waals surface area contributed by atoms with Crippen molar-refractivity contribution in [1.82, 2.24) is 0 Å². The van der Waals surface area contributed by atoms with Gasteiger partial charge in [0.05, 0.1) is 5.70 Å². The highest BCUT2D eigenvalue weighted by Gasteiger charge is 1.86. The summed E-state index contributed by atoms with van der Waals surface area (Å²) in [5.41, 5.74) is 6.49. The van der Waals surface area contributed by atoms with Gasteiger partial charge in [0.15, 0.2) is 6.29 Å². The summed E-state index contributed by atoms with van der Waals surface area (Å²) in [5, 5.41) is 7.00. The van der Waals surface area contributed by atoms with Gasteiger partial charge in [-0.3, -0.25) is 4.79 Å². The van der Waals surface area contributed by atoms with E-state index in [4.69, 9.17) is 10.8 Å². The third kappa shape index (κ3) is 4.76. The third-order valence-electron chi connectivity index (χ3n) is 1.27. The van der Waals surface area contributed by atoms with Crippen molar-refractivity contribution in [3.05, 3.63) is 41.6 Å². The summed E-state index contributed by atoms with van der Waals surface area (Å²) in [6, 6.07) is 9.47. The van der Waals surface area contributed by atoms with Crippen molar-refractivity contribution in [2.24, 2.45) is 5.73 Å². The second-order valence-corrected chi connectivity index (χ2v) is 2.17. The van der Waals surface area contributed by atoms with Gasteiger partial charge in [-0.15, -0.1) is 0 Å². The highest BCUT2D eigenvalue weighted by Crippen LogP contribution is 2.01. The lowest BCUT2D eigenvalue weighted by Crippen LogP contribution is -1.96. The van der Waals surface area contributed by atoms with Crippen LogP contribution in [0.5, 0.6) is 0 Å². The van der Waals surface area contributed by atoms with E-state index < -0.39 is 0 Å². The summed E-state index contributed by atoms with van der Waals surface area (Å²) < 4.78 is 0. The number of nitrogens with two attached hydrogens (primary N) is 1. The summed E-state index contributed by atoms with van der Waals surface area (Å²) in [4.78, 5) is 10.1. The standard InChI is InChI=1S/C9H9NO.CH4O/c10-9(7-11)6-8-4-2-1-3-5-8;1-2/h1-7H,10H2;2H,1H3/b9-6-;. The zero-order valence-electron chi connectivity index (χ0n) is 7.47. The molecule has 1 aromatic carbocycles. The molecule has 3 nitrogen and oxygen atoms in total. The Bertz CT molecular complexity index is 268. The molecule has 0 fully saturated rings. The van der Waals surface area contributed by atoms with E-state index in [0.717, 1.165) is 12.7 Å². The molecule has 0 radical (unpaired) electrons. The number of carbonyl (C=O) groups is 1. The van der Waals surface area contributed by atoms with Gasteiger partial charge in [0.1, 0.15) is 0 Å². The Morgan fingerprint density at radius 2 is 1.85 bits per heavy atom. The molecule has 0 heterocycles. The average Bonchev–Trinajstić information content (AvgIpc) is 2.22. The van der Waals surface area contributed by atoms with Crippen LogP contribution >= 0.6 is 0 Å². The number of benzene rings is 1. The van der Waals surface area contributed by atoms with Crippen molar-refractivity contribution in [2.75, 3.05) is 7.11 Å². The van der Waals surface area contributed by atoms with Gasteiger partial charge in [-0.1, -0.05) is 30.3 Å².